The third-order valence-electron chi connectivity index (χ3n) is 2.58. The second-order valence-electron chi connectivity index (χ2n) is 3.94. The van der Waals surface area contributed by atoms with Crippen molar-refractivity contribution in [3.63, 3.8) is 0 Å². The average Bonchev–Trinajstić information content (AvgIpc) is 2.39. The van der Waals surface area contributed by atoms with E-state index in [1.807, 2.05) is 6.92 Å². The molecule has 0 unspecified atom stereocenters. The molecular weight excluding hydrogens is 284 g/mol. The van der Waals surface area contributed by atoms with Gasteiger partial charge in [-0.15, -0.1) is 0 Å². The zero-order chi connectivity index (χ0) is 15.2. The fourth-order valence-corrected chi connectivity index (χ4v) is 2.21. The monoisotopic (exact) mass is 302 g/mol. The molecular formula is C11H18N4O4S. The minimum absolute atomic E-state index is 0.0829. The van der Waals surface area contributed by atoms with Gasteiger partial charge in [0.1, 0.15) is 11.4 Å². The number of rotatable bonds is 8. The third kappa shape index (κ3) is 4.35. The molecule has 1 rings (SSSR count). The smallest absolute Gasteiger partial charge is 0.315 e. The summed E-state index contributed by atoms with van der Waals surface area (Å²) in [6.07, 6.45) is 0. The van der Waals surface area contributed by atoms with Crippen LogP contribution in [0.15, 0.2) is 18.2 Å². The fourth-order valence-electron chi connectivity index (χ4n) is 1.64. The molecule has 0 radical (unpaired) electrons. The summed E-state index contributed by atoms with van der Waals surface area (Å²) in [5.74, 6) is -0.161. The van der Waals surface area contributed by atoms with Crippen molar-refractivity contribution in [3.05, 3.63) is 28.3 Å². The number of benzene rings is 1. The number of nitrogens with zero attached hydrogens (tertiary/aromatic N) is 1. The first kappa shape index (κ1) is 16.2. The van der Waals surface area contributed by atoms with Gasteiger partial charge in [0.25, 0.3) is 0 Å². The largest absolute Gasteiger partial charge is 0.380 e. The highest BCUT2D eigenvalue weighted by Crippen LogP contribution is 2.32. The van der Waals surface area contributed by atoms with Crippen molar-refractivity contribution in [2.75, 3.05) is 36.5 Å². The van der Waals surface area contributed by atoms with Gasteiger partial charge < -0.3 is 10.6 Å². The molecule has 0 aliphatic heterocycles. The Bertz CT molecular complexity index is 574. The second kappa shape index (κ2) is 7.06. The average molecular weight is 302 g/mol. The summed E-state index contributed by atoms with van der Waals surface area (Å²) in [7, 11) is -2.02. The van der Waals surface area contributed by atoms with E-state index in [0.717, 1.165) is 0 Å². The summed E-state index contributed by atoms with van der Waals surface area (Å²) in [6, 6.07) is 4.82. The standard InChI is InChI=1S/C11H18N4O4S/c1-3-13-9-5-4-6-10(11(9)15(16)17)14-7-8-20(18,19)12-2/h4-6,12-14H,3,7-8H2,1-2H3. The van der Waals surface area contributed by atoms with E-state index in [0.29, 0.717) is 17.9 Å². The van der Waals surface area contributed by atoms with Crippen LogP contribution in [0.25, 0.3) is 0 Å². The normalized spacial score (nSPS) is 11.1. The summed E-state index contributed by atoms with van der Waals surface area (Å²) in [4.78, 5) is 10.6. The summed E-state index contributed by atoms with van der Waals surface area (Å²) < 4.78 is 24.7. The minimum Gasteiger partial charge on any atom is -0.380 e. The molecule has 0 fully saturated rings. The van der Waals surface area contributed by atoms with E-state index < -0.39 is 14.9 Å². The molecule has 0 atom stereocenters. The molecule has 112 valence electrons. The topological polar surface area (TPSA) is 113 Å². The van der Waals surface area contributed by atoms with Crippen LogP contribution in [0.3, 0.4) is 0 Å². The quantitative estimate of drug-likeness (QED) is 0.487. The van der Waals surface area contributed by atoms with Crippen molar-refractivity contribution < 1.29 is 13.3 Å². The molecule has 0 amide bonds. The zero-order valence-corrected chi connectivity index (χ0v) is 12.2. The van der Waals surface area contributed by atoms with Gasteiger partial charge in [0.15, 0.2) is 0 Å². The van der Waals surface area contributed by atoms with Crippen molar-refractivity contribution in [1.29, 1.82) is 0 Å². The third-order valence-corrected chi connectivity index (χ3v) is 3.95. The van der Waals surface area contributed by atoms with E-state index >= 15 is 0 Å². The first-order valence-corrected chi connectivity index (χ1v) is 7.73. The van der Waals surface area contributed by atoms with Crippen molar-refractivity contribution in [2.45, 2.75) is 6.92 Å². The Kier molecular flexibility index (Phi) is 5.71. The van der Waals surface area contributed by atoms with Gasteiger partial charge >= 0.3 is 5.69 Å². The lowest BCUT2D eigenvalue weighted by Gasteiger charge is -2.10. The first-order valence-electron chi connectivity index (χ1n) is 6.07. The molecule has 0 heterocycles. The van der Waals surface area contributed by atoms with E-state index in [4.69, 9.17) is 0 Å². The Balaban J connectivity index is 2.89. The molecule has 20 heavy (non-hydrogen) atoms. The molecule has 0 saturated carbocycles. The van der Waals surface area contributed by atoms with Gasteiger partial charge in [0.05, 0.1) is 10.7 Å². The van der Waals surface area contributed by atoms with Crippen LogP contribution in [0.5, 0.6) is 0 Å². The first-order chi connectivity index (χ1) is 9.41. The summed E-state index contributed by atoms with van der Waals surface area (Å²) in [5.41, 5.74) is 0.606. The van der Waals surface area contributed by atoms with Crippen molar-refractivity contribution in [3.8, 4) is 0 Å². The zero-order valence-electron chi connectivity index (χ0n) is 11.3. The highest BCUT2D eigenvalue weighted by molar-refractivity contribution is 7.89. The lowest BCUT2D eigenvalue weighted by atomic mass is 10.2. The van der Waals surface area contributed by atoms with E-state index in [1.165, 1.54) is 7.05 Å². The lowest BCUT2D eigenvalue weighted by molar-refractivity contribution is -0.383. The van der Waals surface area contributed by atoms with Crippen LogP contribution in [-0.2, 0) is 10.0 Å². The van der Waals surface area contributed by atoms with Gasteiger partial charge in [-0.25, -0.2) is 13.1 Å². The number of para-hydroxylation sites is 1. The van der Waals surface area contributed by atoms with Crippen LogP contribution >= 0.6 is 0 Å². The number of nitrogens with one attached hydrogen (secondary N) is 3. The maximum absolute atomic E-state index is 11.3. The van der Waals surface area contributed by atoms with Crippen molar-refractivity contribution in [2.24, 2.45) is 0 Å². The van der Waals surface area contributed by atoms with Crippen LogP contribution in [-0.4, -0.2) is 39.2 Å². The van der Waals surface area contributed by atoms with Crippen LogP contribution in [0, 0.1) is 10.1 Å². The SMILES string of the molecule is CCNc1cccc(NCCS(=O)(=O)NC)c1[N+](=O)[O-]. The van der Waals surface area contributed by atoms with E-state index in [9.17, 15) is 18.5 Å². The number of sulfonamides is 1. The van der Waals surface area contributed by atoms with E-state index in [-0.39, 0.29) is 18.0 Å². The molecule has 3 N–H and O–H groups in total. The number of nitro groups is 1. The number of nitro benzene ring substituents is 1. The van der Waals surface area contributed by atoms with Crippen molar-refractivity contribution in [1.82, 2.24) is 4.72 Å². The molecule has 0 spiro atoms. The molecule has 1 aromatic carbocycles. The summed E-state index contributed by atoms with van der Waals surface area (Å²) in [5, 5.41) is 16.8. The highest BCUT2D eigenvalue weighted by atomic mass is 32.2. The van der Waals surface area contributed by atoms with Crippen LogP contribution < -0.4 is 15.4 Å². The van der Waals surface area contributed by atoms with Crippen molar-refractivity contribution >= 4 is 27.1 Å². The molecule has 0 bridgehead atoms. The van der Waals surface area contributed by atoms with E-state index in [1.54, 1.807) is 18.2 Å². The second-order valence-corrected chi connectivity index (χ2v) is 5.98. The van der Waals surface area contributed by atoms with Gasteiger partial charge in [0.2, 0.25) is 10.0 Å². The number of anilines is 2. The maximum atomic E-state index is 11.3. The van der Waals surface area contributed by atoms with Crippen LogP contribution in [0.4, 0.5) is 17.1 Å². The Morgan fingerprint density at radius 3 is 2.35 bits per heavy atom. The Labute approximate surface area is 117 Å². The molecule has 0 aromatic heterocycles. The Morgan fingerprint density at radius 1 is 1.25 bits per heavy atom. The lowest BCUT2D eigenvalue weighted by Crippen LogP contribution is -2.26. The van der Waals surface area contributed by atoms with Gasteiger partial charge in [-0.2, -0.15) is 0 Å². The van der Waals surface area contributed by atoms with Gasteiger partial charge in [-0.1, -0.05) is 6.07 Å². The Hall–Kier alpha value is -1.87. The molecule has 0 aliphatic carbocycles. The molecule has 0 aliphatic rings. The highest BCUT2D eigenvalue weighted by Gasteiger charge is 2.19. The molecule has 1 aromatic rings. The predicted molar refractivity (Wildman–Crippen MR) is 78.6 cm³/mol. The van der Waals surface area contributed by atoms with Crippen LogP contribution in [0.2, 0.25) is 0 Å². The minimum atomic E-state index is -3.34. The summed E-state index contributed by atoms with van der Waals surface area (Å²) >= 11 is 0. The predicted octanol–water partition coefficient (Wildman–Crippen LogP) is 0.988. The van der Waals surface area contributed by atoms with Gasteiger partial charge in [-0.3, -0.25) is 10.1 Å². The number of hydrogen-bond donors (Lipinski definition) is 3. The van der Waals surface area contributed by atoms with Gasteiger partial charge in [-0.05, 0) is 26.1 Å². The Morgan fingerprint density at radius 2 is 1.85 bits per heavy atom. The fraction of sp³-hybridized carbons (Fsp3) is 0.455. The van der Waals surface area contributed by atoms with Gasteiger partial charge in [0, 0.05) is 13.1 Å². The van der Waals surface area contributed by atoms with Crippen LogP contribution in [0.1, 0.15) is 6.92 Å². The molecule has 0 saturated heterocycles. The molecule has 9 heteroatoms. The molecule has 8 nitrogen and oxygen atoms in total. The summed E-state index contributed by atoms with van der Waals surface area (Å²) in [6.45, 7) is 2.47. The number of hydrogen-bond acceptors (Lipinski definition) is 6. The maximum Gasteiger partial charge on any atom is 0.315 e. The van der Waals surface area contributed by atoms with E-state index in [2.05, 4.69) is 15.4 Å².